The van der Waals surface area contributed by atoms with E-state index in [0.29, 0.717) is 22.8 Å². The van der Waals surface area contributed by atoms with Gasteiger partial charge in [0.25, 0.3) is 0 Å². The van der Waals surface area contributed by atoms with Crippen molar-refractivity contribution in [2.75, 3.05) is 6.61 Å². The molecule has 106 valence electrons. The highest BCUT2D eigenvalue weighted by atomic mass is 35.5. The third-order valence-electron chi connectivity index (χ3n) is 2.75. The van der Waals surface area contributed by atoms with Crippen molar-refractivity contribution in [2.24, 2.45) is 0 Å². The molecule has 1 heterocycles. The number of rotatable bonds is 5. The maximum absolute atomic E-state index is 12.2. The first kappa shape index (κ1) is 14.5. The number of hydrogen-bond acceptors (Lipinski definition) is 5. The van der Waals surface area contributed by atoms with Crippen LogP contribution < -0.4 is 0 Å². The number of hydrogen-bond donors (Lipinski definition) is 0. The molecule has 2 rings (SSSR count). The number of benzene rings is 1. The van der Waals surface area contributed by atoms with Crippen molar-refractivity contribution in [3.63, 3.8) is 0 Å². The molecule has 0 radical (unpaired) electrons. The number of esters is 1. The van der Waals surface area contributed by atoms with E-state index in [1.54, 1.807) is 31.2 Å². The van der Waals surface area contributed by atoms with Gasteiger partial charge >= 0.3 is 5.97 Å². The molecule has 0 bridgehead atoms. The van der Waals surface area contributed by atoms with Crippen molar-refractivity contribution in [1.82, 2.24) is 10.1 Å². The molecule has 0 spiro atoms. The summed E-state index contributed by atoms with van der Waals surface area (Å²) in [5, 5.41) is 4.35. The highest BCUT2D eigenvalue weighted by Gasteiger charge is 2.30. The number of aromatic nitrogens is 2. The molecule has 1 atom stereocenters. The first-order valence-corrected chi connectivity index (χ1v) is 6.78. The van der Waals surface area contributed by atoms with Crippen LogP contribution in [-0.2, 0) is 16.0 Å². The number of nitrogens with zero attached hydrogens (tertiary/aromatic N) is 2. The summed E-state index contributed by atoms with van der Waals surface area (Å²) in [7, 11) is 0. The van der Waals surface area contributed by atoms with Crippen LogP contribution >= 0.6 is 11.6 Å². The van der Waals surface area contributed by atoms with Crippen molar-refractivity contribution < 1.29 is 14.1 Å². The van der Waals surface area contributed by atoms with Crippen LogP contribution in [0.1, 0.15) is 37.0 Å². The van der Waals surface area contributed by atoms with E-state index in [1.807, 2.05) is 6.92 Å². The fourth-order valence-corrected chi connectivity index (χ4v) is 2.02. The molecule has 1 unspecified atom stereocenters. The van der Waals surface area contributed by atoms with E-state index in [1.165, 1.54) is 0 Å². The summed E-state index contributed by atoms with van der Waals surface area (Å²) in [6, 6.07) is 6.97. The van der Waals surface area contributed by atoms with Crippen LogP contribution in [0.5, 0.6) is 0 Å². The quantitative estimate of drug-likeness (QED) is 0.793. The zero-order chi connectivity index (χ0) is 14.5. The largest absolute Gasteiger partial charge is 0.465 e. The van der Waals surface area contributed by atoms with Crippen molar-refractivity contribution in [1.29, 1.82) is 0 Å². The lowest BCUT2D eigenvalue weighted by molar-refractivity contribution is -0.144. The number of aryl methyl sites for hydroxylation is 1. The van der Waals surface area contributed by atoms with Gasteiger partial charge in [-0.15, -0.1) is 0 Å². The third kappa shape index (κ3) is 3.17. The second kappa shape index (κ2) is 6.52. The van der Waals surface area contributed by atoms with Gasteiger partial charge in [-0.3, -0.25) is 4.79 Å². The summed E-state index contributed by atoms with van der Waals surface area (Å²) in [6.07, 6.45) is 0.634. The van der Waals surface area contributed by atoms with Gasteiger partial charge in [-0.05, 0) is 24.6 Å². The summed E-state index contributed by atoms with van der Waals surface area (Å²) in [5.74, 6) is -0.401. The minimum absolute atomic E-state index is 0.225. The van der Waals surface area contributed by atoms with Crippen molar-refractivity contribution >= 4 is 17.6 Å². The maximum atomic E-state index is 12.2. The fraction of sp³-hybridized carbons (Fsp3) is 0.357. The molecular weight excluding hydrogens is 280 g/mol. The molecule has 6 heteroatoms. The van der Waals surface area contributed by atoms with Crippen LogP contribution in [0.15, 0.2) is 28.8 Å². The standard InChI is InChI=1S/C14H15ClN2O3/c1-3-11-16-13(20-17-11)12(14(18)19-4-2)9-6-5-7-10(15)8-9/h5-8,12H,3-4H2,1-2H3. The Morgan fingerprint density at radius 1 is 1.45 bits per heavy atom. The van der Waals surface area contributed by atoms with E-state index >= 15 is 0 Å². The minimum atomic E-state index is -0.749. The molecule has 5 nitrogen and oxygen atoms in total. The molecule has 1 aromatic heterocycles. The Labute approximate surface area is 121 Å². The number of carbonyl (C=O) groups is 1. The Morgan fingerprint density at radius 3 is 2.85 bits per heavy atom. The van der Waals surface area contributed by atoms with E-state index in [9.17, 15) is 4.79 Å². The second-order valence-electron chi connectivity index (χ2n) is 4.14. The lowest BCUT2D eigenvalue weighted by atomic mass is 9.99. The Morgan fingerprint density at radius 2 is 2.25 bits per heavy atom. The predicted molar refractivity (Wildman–Crippen MR) is 73.6 cm³/mol. The molecule has 0 aliphatic carbocycles. The maximum Gasteiger partial charge on any atom is 0.323 e. The normalized spacial score (nSPS) is 12.2. The molecule has 0 aliphatic rings. The number of halogens is 1. The summed E-state index contributed by atoms with van der Waals surface area (Å²) in [4.78, 5) is 16.4. The molecule has 2 aromatic rings. The minimum Gasteiger partial charge on any atom is -0.465 e. The summed E-state index contributed by atoms with van der Waals surface area (Å²) >= 11 is 5.97. The van der Waals surface area contributed by atoms with Gasteiger partial charge in [0.05, 0.1) is 6.61 Å². The second-order valence-corrected chi connectivity index (χ2v) is 4.58. The summed E-state index contributed by atoms with van der Waals surface area (Å²) in [5.41, 5.74) is 0.669. The van der Waals surface area contributed by atoms with Crippen molar-refractivity contribution in [2.45, 2.75) is 26.2 Å². The van der Waals surface area contributed by atoms with E-state index in [4.69, 9.17) is 20.9 Å². The van der Waals surface area contributed by atoms with Crippen LogP contribution in [-0.4, -0.2) is 22.7 Å². The predicted octanol–water partition coefficient (Wildman–Crippen LogP) is 2.98. The Kier molecular flexibility index (Phi) is 4.74. The van der Waals surface area contributed by atoms with Crippen LogP contribution in [0.3, 0.4) is 0 Å². The van der Waals surface area contributed by atoms with Crippen LogP contribution in [0.25, 0.3) is 0 Å². The molecule has 0 N–H and O–H groups in total. The number of carbonyl (C=O) groups excluding carboxylic acids is 1. The Hall–Kier alpha value is -1.88. The molecule has 0 fully saturated rings. The van der Waals surface area contributed by atoms with Gasteiger partial charge in [0, 0.05) is 11.4 Å². The van der Waals surface area contributed by atoms with Gasteiger partial charge in [0.15, 0.2) is 11.7 Å². The van der Waals surface area contributed by atoms with Crippen LogP contribution in [0, 0.1) is 0 Å². The monoisotopic (exact) mass is 294 g/mol. The zero-order valence-corrected chi connectivity index (χ0v) is 12.1. The highest BCUT2D eigenvalue weighted by Crippen LogP contribution is 2.27. The SMILES string of the molecule is CCOC(=O)C(c1cccc(Cl)c1)c1nc(CC)no1. The van der Waals surface area contributed by atoms with Crippen LogP contribution in [0.2, 0.25) is 5.02 Å². The first-order valence-electron chi connectivity index (χ1n) is 6.40. The fourth-order valence-electron chi connectivity index (χ4n) is 1.82. The Bertz CT molecular complexity index is 598. The van der Waals surface area contributed by atoms with E-state index in [-0.39, 0.29) is 12.5 Å². The van der Waals surface area contributed by atoms with Crippen molar-refractivity contribution in [3.05, 3.63) is 46.6 Å². The average Bonchev–Trinajstić information content (AvgIpc) is 2.88. The van der Waals surface area contributed by atoms with Gasteiger partial charge in [0.2, 0.25) is 5.89 Å². The zero-order valence-electron chi connectivity index (χ0n) is 11.3. The lowest BCUT2D eigenvalue weighted by Gasteiger charge is -2.12. The smallest absolute Gasteiger partial charge is 0.323 e. The average molecular weight is 295 g/mol. The molecule has 1 aromatic carbocycles. The Balaban J connectivity index is 2.41. The summed E-state index contributed by atoms with van der Waals surface area (Å²) < 4.78 is 10.3. The first-order chi connectivity index (χ1) is 9.65. The lowest BCUT2D eigenvalue weighted by Crippen LogP contribution is -2.17. The van der Waals surface area contributed by atoms with Gasteiger partial charge in [0.1, 0.15) is 0 Å². The molecule has 0 amide bonds. The van der Waals surface area contributed by atoms with E-state index in [2.05, 4.69) is 10.1 Å². The van der Waals surface area contributed by atoms with E-state index in [0.717, 1.165) is 0 Å². The molecular formula is C14H15ClN2O3. The van der Waals surface area contributed by atoms with Crippen LogP contribution in [0.4, 0.5) is 0 Å². The van der Waals surface area contributed by atoms with E-state index < -0.39 is 11.9 Å². The topological polar surface area (TPSA) is 65.2 Å². The molecule has 0 aliphatic heterocycles. The molecule has 0 saturated carbocycles. The number of ether oxygens (including phenoxy) is 1. The van der Waals surface area contributed by atoms with Gasteiger partial charge in [-0.2, -0.15) is 4.98 Å². The molecule has 0 saturated heterocycles. The third-order valence-corrected chi connectivity index (χ3v) is 2.99. The highest BCUT2D eigenvalue weighted by molar-refractivity contribution is 6.30. The van der Waals surface area contributed by atoms with Crippen molar-refractivity contribution in [3.8, 4) is 0 Å². The van der Waals surface area contributed by atoms with Gasteiger partial charge in [-0.1, -0.05) is 35.8 Å². The molecule has 20 heavy (non-hydrogen) atoms. The summed E-state index contributed by atoms with van der Waals surface area (Å²) in [6.45, 7) is 3.94. The van der Waals surface area contributed by atoms with Gasteiger partial charge in [-0.25, -0.2) is 0 Å². The van der Waals surface area contributed by atoms with Gasteiger partial charge < -0.3 is 9.26 Å².